The highest BCUT2D eigenvalue weighted by atomic mass is 32.3. The average Bonchev–Trinajstić information content (AvgIpc) is 3.38. The van der Waals surface area contributed by atoms with Crippen molar-refractivity contribution in [2.24, 2.45) is 0 Å². The highest BCUT2D eigenvalue weighted by Gasteiger charge is 2.33. The van der Waals surface area contributed by atoms with Crippen molar-refractivity contribution in [3.63, 3.8) is 0 Å². The van der Waals surface area contributed by atoms with E-state index in [-0.39, 0.29) is 0 Å². The number of hydrogen-bond acceptors (Lipinski definition) is 0. The van der Waals surface area contributed by atoms with Gasteiger partial charge in [0.25, 0.3) is 0 Å². The van der Waals surface area contributed by atoms with E-state index in [9.17, 15) is 0 Å². The van der Waals surface area contributed by atoms with Gasteiger partial charge in [-0.2, -0.15) is 10.0 Å². The van der Waals surface area contributed by atoms with Crippen LogP contribution in [0.15, 0.2) is 180 Å². The molecule has 0 nitrogen and oxygen atoms in total. The van der Waals surface area contributed by atoms with Crippen molar-refractivity contribution in [1.29, 1.82) is 0 Å². The van der Waals surface area contributed by atoms with Crippen LogP contribution in [0.3, 0.4) is 0 Å². The van der Waals surface area contributed by atoms with Crippen molar-refractivity contribution in [2.45, 2.75) is 9.79 Å². The van der Waals surface area contributed by atoms with Crippen LogP contribution in [0.4, 0.5) is 0 Å². The van der Waals surface area contributed by atoms with Crippen LogP contribution in [0.25, 0.3) is 87.6 Å². The Labute approximate surface area is 288 Å². The molecule has 0 aromatic heterocycles. The van der Waals surface area contributed by atoms with Crippen LogP contribution in [-0.2, 0) is 0 Å². The molecular weight excluding hydrogens is 609 g/mol. The molecule has 232 valence electrons. The lowest BCUT2D eigenvalue weighted by molar-refractivity contribution is 1.46. The Kier molecular flexibility index (Phi) is 6.19. The summed E-state index contributed by atoms with van der Waals surface area (Å²) in [4.78, 5) is 2.97. The monoisotopic (exact) mass is 642 g/mol. The Balaban J connectivity index is 1.29. The van der Waals surface area contributed by atoms with Gasteiger partial charge in [-0.15, -0.1) is 0 Å². The molecule has 0 atom stereocenters. The molecule has 1 aliphatic rings. The van der Waals surface area contributed by atoms with Gasteiger partial charge in [-0.3, -0.25) is 0 Å². The maximum atomic E-state index is 2.57. The minimum Gasteiger partial charge on any atom is -0.192 e. The first kappa shape index (κ1) is 28.4. The van der Waals surface area contributed by atoms with Gasteiger partial charge in [0.15, 0.2) is 0 Å². The van der Waals surface area contributed by atoms with E-state index in [1.54, 1.807) is 0 Å². The topological polar surface area (TPSA) is 0 Å². The summed E-state index contributed by atoms with van der Waals surface area (Å²) in [6, 6.07) is 63.5. The first-order valence-corrected chi connectivity index (χ1v) is 19.4. The molecule has 49 heavy (non-hydrogen) atoms. The molecule has 10 rings (SSSR count). The van der Waals surface area contributed by atoms with E-state index in [1.165, 1.54) is 97.4 Å². The summed E-state index contributed by atoms with van der Waals surface area (Å²) < 4.78 is 0. The van der Waals surface area contributed by atoms with Crippen LogP contribution in [0.2, 0.25) is 0 Å². The highest BCUT2D eigenvalue weighted by Crippen LogP contribution is 2.68. The fourth-order valence-corrected chi connectivity index (χ4v) is 10.8. The van der Waals surface area contributed by atoms with Crippen LogP contribution in [0.5, 0.6) is 0 Å². The van der Waals surface area contributed by atoms with E-state index in [0.29, 0.717) is 0 Å². The molecule has 1 aliphatic heterocycles. The zero-order valence-corrected chi connectivity index (χ0v) is 28.4. The fourth-order valence-electron chi connectivity index (χ4n) is 8.33. The first-order chi connectivity index (χ1) is 24.1. The predicted octanol–water partition coefficient (Wildman–Crippen LogP) is 13.8. The Bertz CT molecular complexity index is 2780. The van der Waals surface area contributed by atoms with Gasteiger partial charge in [-0.25, -0.2) is 0 Å². The molecule has 0 saturated heterocycles. The molecule has 9 aromatic carbocycles. The molecule has 0 unspecified atom stereocenters. The summed E-state index contributed by atoms with van der Waals surface area (Å²) in [6.45, 7) is 0. The molecule has 0 saturated carbocycles. The zero-order chi connectivity index (χ0) is 32.7. The van der Waals surface area contributed by atoms with Crippen LogP contribution in [0, 0.1) is 0 Å². The van der Waals surface area contributed by atoms with E-state index in [0.717, 1.165) is 0 Å². The standard InChI is InChI=1S/C48H34S/c1-49(2)45-21-10-9-17-38(45)42-29-43-44(30-46(42)49)48(39-20-11-15-33-13-5-6-16-37(33)39)41-19-8-7-18-40(41)47(43)34-25-22-32(23-26-34)36-27-24-31-12-3-4-14-35(31)28-36/h3-30H,1-2H3. The molecule has 0 amide bonds. The van der Waals surface area contributed by atoms with E-state index in [2.05, 4.69) is 182 Å². The van der Waals surface area contributed by atoms with Crippen LogP contribution < -0.4 is 0 Å². The van der Waals surface area contributed by atoms with Crippen molar-refractivity contribution in [3.8, 4) is 44.5 Å². The van der Waals surface area contributed by atoms with Crippen molar-refractivity contribution < 1.29 is 0 Å². The van der Waals surface area contributed by atoms with E-state index >= 15 is 0 Å². The molecular formula is C48H34S. The third kappa shape index (κ3) is 4.26. The predicted molar refractivity (Wildman–Crippen MR) is 214 cm³/mol. The quantitative estimate of drug-likeness (QED) is 0.168. The second kappa shape index (κ2) is 10.7. The smallest absolute Gasteiger partial charge is 0.00219 e. The van der Waals surface area contributed by atoms with E-state index in [1.807, 2.05) is 0 Å². The third-order valence-corrected chi connectivity index (χ3v) is 13.6. The molecule has 9 aromatic rings. The average molecular weight is 643 g/mol. The van der Waals surface area contributed by atoms with Gasteiger partial charge < -0.3 is 0 Å². The van der Waals surface area contributed by atoms with Gasteiger partial charge in [0.2, 0.25) is 0 Å². The van der Waals surface area contributed by atoms with Gasteiger partial charge >= 0.3 is 0 Å². The van der Waals surface area contributed by atoms with Crippen molar-refractivity contribution in [2.75, 3.05) is 12.5 Å². The van der Waals surface area contributed by atoms with Crippen molar-refractivity contribution in [1.82, 2.24) is 0 Å². The molecule has 0 radical (unpaired) electrons. The van der Waals surface area contributed by atoms with Crippen LogP contribution in [0.1, 0.15) is 0 Å². The lowest BCUT2D eigenvalue weighted by Gasteiger charge is -2.29. The summed E-state index contributed by atoms with van der Waals surface area (Å²) in [5, 5.41) is 10.3. The lowest BCUT2D eigenvalue weighted by Crippen LogP contribution is -1.95. The zero-order valence-electron chi connectivity index (χ0n) is 27.6. The fraction of sp³-hybridized carbons (Fsp3) is 0.0417. The Morgan fingerprint density at radius 1 is 0.306 bits per heavy atom. The largest absolute Gasteiger partial charge is 0.192 e. The van der Waals surface area contributed by atoms with Crippen LogP contribution >= 0.6 is 10.0 Å². The third-order valence-electron chi connectivity index (χ3n) is 10.7. The Morgan fingerprint density at radius 3 is 1.69 bits per heavy atom. The number of benzene rings is 9. The maximum Gasteiger partial charge on any atom is 0.00219 e. The van der Waals surface area contributed by atoms with Crippen LogP contribution in [-0.4, -0.2) is 12.5 Å². The molecule has 0 N–H and O–H groups in total. The Hall–Kier alpha value is -5.63. The highest BCUT2D eigenvalue weighted by molar-refractivity contribution is 8.33. The van der Waals surface area contributed by atoms with E-state index < -0.39 is 10.0 Å². The molecule has 0 aliphatic carbocycles. The van der Waals surface area contributed by atoms with Gasteiger partial charge in [0.05, 0.1) is 0 Å². The molecule has 0 bridgehead atoms. The number of fused-ring (bicyclic) bond motifs is 7. The second-order valence-corrected chi connectivity index (χ2v) is 17.2. The van der Waals surface area contributed by atoms with E-state index in [4.69, 9.17) is 0 Å². The van der Waals surface area contributed by atoms with Crippen molar-refractivity contribution in [3.05, 3.63) is 170 Å². The Morgan fingerprint density at radius 2 is 0.878 bits per heavy atom. The van der Waals surface area contributed by atoms with Gasteiger partial charge in [-0.1, -0.05) is 146 Å². The van der Waals surface area contributed by atoms with Gasteiger partial charge in [0, 0.05) is 9.79 Å². The summed E-state index contributed by atoms with van der Waals surface area (Å²) in [6.07, 6.45) is 4.93. The molecule has 1 heteroatoms. The summed E-state index contributed by atoms with van der Waals surface area (Å²) in [5.74, 6) is 0. The SMILES string of the molecule is CS1(C)c2ccccc2-c2cc3c(-c4ccc(-c5ccc6ccccc6c5)cc4)c4ccccc4c(-c4cccc5ccccc45)c3cc21. The minimum atomic E-state index is -1.18. The minimum absolute atomic E-state index is 1.18. The molecule has 0 spiro atoms. The van der Waals surface area contributed by atoms with Gasteiger partial charge in [-0.05, 0) is 124 Å². The summed E-state index contributed by atoms with van der Waals surface area (Å²) in [7, 11) is -1.18. The number of hydrogen-bond donors (Lipinski definition) is 0. The summed E-state index contributed by atoms with van der Waals surface area (Å²) in [5.41, 5.74) is 10.4. The maximum absolute atomic E-state index is 2.57. The normalized spacial score (nSPS) is 13.9. The van der Waals surface area contributed by atoms with Gasteiger partial charge in [0.1, 0.15) is 0 Å². The first-order valence-electron chi connectivity index (χ1n) is 17.0. The molecule has 0 fully saturated rings. The summed E-state index contributed by atoms with van der Waals surface area (Å²) >= 11 is 0. The number of rotatable bonds is 3. The molecule has 1 heterocycles. The lowest BCUT2D eigenvalue weighted by atomic mass is 9.83. The second-order valence-electron chi connectivity index (χ2n) is 13.7. The van der Waals surface area contributed by atoms with Crippen molar-refractivity contribution >= 4 is 53.1 Å².